The van der Waals surface area contributed by atoms with Gasteiger partial charge in [0.25, 0.3) is 0 Å². The van der Waals surface area contributed by atoms with E-state index >= 15 is 0 Å². The van der Waals surface area contributed by atoms with Crippen LogP contribution in [0.15, 0.2) is 22.7 Å². The van der Waals surface area contributed by atoms with Crippen molar-refractivity contribution in [3.8, 4) is 5.75 Å². The fourth-order valence-corrected chi connectivity index (χ4v) is 1.89. The van der Waals surface area contributed by atoms with Crippen molar-refractivity contribution in [1.82, 2.24) is 5.32 Å². The van der Waals surface area contributed by atoms with Crippen molar-refractivity contribution in [3.63, 3.8) is 0 Å². The van der Waals surface area contributed by atoms with E-state index in [1.165, 1.54) is 0 Å². The predicted octanol–water partition coefficient (Wildman–Crippen LogP) is 2.46. The third kappa shape index (κ3) is 7.28. The fraction of sp³-hybridized carbons (Fsp3) is 0.429. The van der Waals surface area contributed by atoms with Gasteiger partial charge in [0.2, 0.25) is 0 Å². The first kappa shape index (κ1) is 18.2. The van der Waals surface area contributed by atoms with Gasteiger partial charge < -0.3 is 25.2 Å². The SMILES string of the molecule is CCOCCOc1ccc(Br)cc1NC(=O)NCCC(=O)O. The second kappa shape index (κ2) is 10.0. The van der Waals surface area contributed by atoms with Crippen LogP contribution in [0, 0.1) is 0 Å². The molecule has 8 heteroatoms. The number of hydrogen-bond donors (Lipinski definition) is 3. The van der Waals surface area contributed by atoms with Crippen LogP contribution in [0.1, 0.15) is 13.3 Å². The zero-order valence-electron chi connectivity index (χ0n) is 12.2. The molecule has 3 N–H and O–H groups in total. The molecule has 0 unspecified atom stereocenters. The van der Waals surface area contributed by atoms with Gasteiger partial charge in [-0.2, -0.15) is 0 Å². The van der Waals surface area contributed by atoms with Gasteiger partial charge in [0.1, 0.15) is 12.4 Å². The minimum Gasteiger partial charge on any atom is -0.489 e. The first-order chi connectivity index (χ1) is 10.5. The maximum Gasteiger partial charge on any atom is 0.319 e. The average molecular weight is 375 g/mol. The molecule has 22 heavy (non-hydrogen) atoms. The standard InChI is InChI=1S/C14H19BrN2O5/c1-2-21-7-8-22-12-4-3-10(15)9-11(12)17-14(20)16-6-5-13(18)19/h3-4,9H,2,5-8H2,1H3,(H,18,19)(H2,16,17,20). The van der Waals surface area contributed by atoms with Gasteiger partial charge in [0, 0.05) is 17.6 Å². The Morgan fingerprint density at radius 1 is 1.32 bits per heavy atom. The van der Waals surface area contributed by atoms with E-state index in [2.05, 4.69) is 26.6 Å². The molecular weight excluding hydrogens is 356 g/mol. The lowest BCUT2D eigenvalue weighted by atomic mass is 10.3. The number of anilines is 1. The van der Waals surface area contributed by atoms with Crippen LogP contribution < -0.4 is 15.4 Å². The van der Waals surface area contributed by atoms with Crippen LogP contribution in [0.2, 0.25) is 0 Å². The smallest absolute Gasteiger partial charge is 0.319 e. The summed E-state index contributed by atoms with van der Waals surface area (Å²) in [5, 5.41) is 13.6. The van der Waals surface area contributed by atoms with Crippen molar-refractivity contribution in [2.24, 2.45) is 0 Å². The van der Waals surface area contributed by atoms with E-state index in [4.69, 9.17) is 14.6 Å². The Kier molecular flexibility index (Phi) is 8.31. The van der Waals surface area contributed by atoms with Crippen molar-refractivity contribution in [2.45, 2.75) is 13.3 Å². The number of rotatable bonds is 9. The van der Waals surface area contributed by atoms with E-state index in [0.29, 0.717) is 31.3 Å². The lowest BCUT2D eigenvalue weighted by Crippen LogP contribution is -2.30. The molecular formula is C14H19BrN2O5. The lowest BCUT2D eigenvalue weighted by Gasteiger charge is -2.13. The van der Waals surface area contributed by atoms with Crippen LogP contribution in [0.5, 0.6) is 5.75 Å². The highest BCUT2D eigenvalue weighted by Gasteiger charge is 2.09. The molecule has 0 heterocycles. The molecule has 1 aromatic carbocycles. The van der Waals surface area contributed by atoms with Crippen molar-refractivity contribution in [2.75, 3.05) is 31.7 Å². The van der Waals surface area contributed by atoms with Gasteiger partial charge in [-0.05, 0) is 25.1 Å². The average Bonchev–Trinajstić information content (AvgIpc) is 2.45. The number of ether oxygens (including phenoxy) is 2. The molecule has 0 bridgehead atoms. The second-order valence-electron chi connectivity index (χ2n) is 4.21. The largest absolute Gasteiger partial charge is 0.489 e. The minimum absolute atomic E-state index is 0.0513. The summed E-state index contributed by atoms with van der Waals surface area (Å²) in [7, 11) is 0. The highest BCUT2D eigenvalue weighted by atomic mass is 79.9. The fourth-order valence-electron chi connectivity index (χ4n) is 1.53. The van der Waals surface area contributed by atoms with E-state index in [1.807, 2.05) is 6.92 Å². The van der Waals surface area contributed by atoms with Gasteiger partial charge in [-0.25, -0.2) is 4.79 Å². The number of aliphatic carboxylic acids is 1. The van der Waals surface area contributed by atoms with E-state index in [1.54, 1.807) is 18.2 Å². The third-order valence-corrected chi connectivity index (χ3v) is 3.00. The van der Waals surface area contributed by atoms with Gasteiger partial charge in [0.05, 0.1) is 18.7 Å². The van der Waals surface area contributed by atoms with Gasteiger partial charge in [0.15, 0.2) is 0 Å². The molecule has 0 saturated carbocycles. The number of carbonyl (C=O) groups excluding carboxylic acids is 1. The number of hydrogen-bond acceptors (Lipinski definition) is 4. The number of carboxylic acid groups (broad SMARTS) is 1. The lowest BCUT2D eigenvalue weighted by molar-refractivity contribution is -0.136. The zero-order valence-corrected chi connectivity index (χ0v) is 13.8. The maximum absolute atomic E-state index is 11.7. The van der Waals surface area contributed by atoms with Crippen LogP contribution in [-0.4, -0.2) is 43.5 Å². The Bertz CT molecular complexity index is 510. The first-order valence-corrected chi connectivity index (χ1v) is 7.59. The maximum atomic E-state index is 11.7. The van der Waals surface area contributed by atoms with Crippen LogP contribution in [-0.2, 0) is 9.53 Å². The summed E-state index contributed by atoms with van der Waals surface area (Å²) >= 11 is 3.32. The number of carboxylic acids is 1. The number of amides is 2. The van der Waals surface area contributed by atoms with E-state index in [9.17, 15) is 9.59 Å². The first-order valence-electron chi connectivity index (χ1n) is 6.79. The normalized spacial score (nSPS) is 10.1. The van der Waals surface area contributed by atoms with E-state index < -0.39 is 12.0 Å². The monoisotopic (exact) mass is 374 g/mol. The molecule has 0 radical (unpaired) electrons. The summed E-state index contributed by atoms with van der Waals surface area (Å²) in [5.74, 6) is -0.459. The number of halogens is 1. The van der Waals surface area contributed by atoms with Crippen molar-refractivity contribution in [1.29, 1.82) is 0 Å². The molecule has 0 spiro atoms. The molecule has 0 aliphatic rings. The summed E-state index contributed by atoms with van der Waals surface area (Å²) < 4.78 is 11.5. The molecule has 0 fully saturated rings. The number of urea groups is 1. The Balaban J connectivity index is 2.57. The molecule has 0 aliphatic heterocycles. The van der Waals surface area contributed by atoms with Gasteiger partial charge in [-0.15, -0.1) is 0 Å². The molecule has 1 aromatic rings. The molecule has 2 amide bonds. The molecule has 7 nitrogen and oxygen atoms in total. The summed E-state index contributed by atoms with van der Waals surface area (Å²) in [6, 6.07) is 4.73. The molecule has 0 aromatic heterocycles. The molecule has 0 saturated heterocycles. The summed E-state index contributed by atoms with van der Waals surface area (Å²) in [5.41, 5.74) is 0.485. The quantitative estimate of drug-likeness (QED) is 0.576. The van der Waals surface area contributed by atoms with Crippen molar-refractivity contribution < 1.29 is 24.2 Å². The summed E-state index contributed by atoms with van der Waals surface area (Å²) in [6.45, 7) is 3.38. The Morgan fingerprint density at radius 3 is 2.77 bits per heavy atom. The van der Waals surface area contributed by atoms with Gasteiger partial charge in [-0.3, -0.25) is 4.79 Å². The molecule has 122 valence electrons. The highest BCUT2D eigenvalue weighted by Crippen LogP contribution is 2.28. The Labute approximate surface area is 137 Å². The topological polar surface area (TPSA) is 96.9 Å². The zero-order chi connectivity index (χ0) is 16.4. The van der Waals surface area contributed by atoms with Crippen molar-refractivity contribution in [3.05, 3.63) is 22.7 Å². The molecule has 0 atom stereocenters. The Morgan fingerprint density at radius 2 is 2.09 bits per heavy atom. The molecule has 1 rings (SSSR count). The van der Waals surface area contributed by atoms with Crippen LogP contribution >= 0.6 is 15.9 Å². The summed E-state index contributed by atoms with van der Waals surface area (Å²) in [6.07, 6.45) is -0.135. The van der Waals surface area contributed by atoms with Gasteiger partial charge in [-0.1, -0.05) is 15.9 Å². The Hall–Kier alpha value is -1.80. The predicted molar refractivity (Wildman–Crippen MR) is 85.4 cm³/mol. The van der Waals surface area contributed by atoms with E-state index in [0.717, 1.165) is 4.47 Å². The highest BCUT2D eigenvalue weighted by molar-refractivity contribution is 9.10. The van der Waals surface area contributed by atoms with Crippen LogP contribution in [0.25, 0.3) is 0 Å². The number of benzene rings is 1. The third-order valence-electron chi connectivity index (χ3n) is 2.50. The second-order valence-corrected chi connectivity index (χ2v) is 5.13. The number of nitrogens with one attached hydrogen (secondary N) is 2. The molecule has 0 aliphatic carbocycles. The minimum atomic E-state index is -0.970. The number of carbonyl (C=O) groups is 2. The van der Waals surface area contributed by atoms with Gasteiger partial charge >= 0.3 is 12.0 Å². The van der Waals surface area contributed by atoms with Crippen molar-refractivity contribution >= 4 is 33.6 Å². The summed E-state index contributed by atoms with van der Waals surface area (Å²) in [4.78, 5) is 22.1. The van der Waals surface area contributed by atoms with E-state index in [-0.39, 0.29) is 13.0 Å². The van der Waals surface area contributed by atoms with Crippen LogP contribution in [0.3, 0.4) is 0 Å². The van der Waals surface area contributed by atoms with Crippen LogP contribution in [0.4, 0.5) is 10.5 Å².